The minimum atomic E-state index is -0.247. The van der Waals surface area contributed by atoms with E-state index in [2.05, 4.69) is 50.5 Å². The van der Waals surface area contributed by atoms with Crippen LogP contribution in [0, 0.1) is 5.82 Å². The third kappa shape index (κ3) is 6.59. The van der Waals surface area contributed by atoms with E-state index in [4.69, 9.17) is 4.99 Å². The van der Waals surface area contributed by atoms with Gasteiger partial charge in [-0.1, -0.05) is 12.1 Å². The molecule has 8 heteroatoms. The fourth-order valence-corrected chi connectivity index (χ4v) is 3.90. The third-order valence-electron chi connectivity index (χ3n) is 5.96. The number of pyridine rings is 1. The van der Waals surface area contributed by atoms with Crippen LogP contribution in [0.3, 0.4) is 0 Å². The second kappa shape index (κ2) is 11.2. The van der Waals surface area contributed by atoms with E-state index in [-0.39, 0.29) is 5.82 Å². The lowest BCUT2D eigenvalue weighted by Crippen LogP contribution is -2.44. The Morgan fingerprint density at radius 3 is 2.56 bits per heavy atom. The number of nitrogens with one attached hydrogen (secondary N) is 1. The van der Waals surface area contributed by atoms with Gasteiger partial charge < -0.3 is 14.8 Å². The van der Waals surface area contributed by atoms with Crippen molar-refractivity contribution in [3.8, 4) is 0 Å². The quantitative estimate of drug-likeness (QED) is 0.586. The predicted molar refractivity (Wildman–Crippen MR) is 133 cm³/mol. The summed E-state index contributed by atoms with van der Waals surface area (Å²) in [7, 11) is 5.96. The fraction of sp³-hybridized carbons (Fsp3) is 0.346. The van der Waals surface area contributed by atoms with Gasteiger partial charge in [-0.3, -0.25) is 4.90 Å². The van der Waals surface area contributed by atoms with Gasteiger partial charge in [0, 0.05) is 71.3 Å². The Balaban J connectivity index is 1.66. The fourth-order valence-electron chi connectivity index (χ4n) is 3.90. The number of allylic oxidation sites excluding steroid dienone is 1. The molecular formula is C26H32FN7. The highest BCUT2D eigenvalue weighted by molar-refractivity contribution is 5.51. The van der Waals surface area contributed by atoms with E-state index >= 15 is 0 Å². The second-order valence-corrected chi connectivity index (χ2v) is 8.69. The summed E-state index contributed by atoms with van der Waals surface area (Å²) in [6, 6.07) is 12.7. The van der Waals surface area contributed by atoms with Crippen LogP contribution in [0.5, 0.6) is 0 Å². The van der Waals surface area contributed by atoms with E-state index in [1.807, 2.05) is 23.8 Å². The van der Waals surface area contributed by atoms with Crippen LogP contribution in [0.25, 0.3) is 6.08 Å². The molecule has 4 rings (SSSR count). The molecule has 0 bridgehead atoms. The van der Waals surface area contributed by atoms with E-state index in [1.165, 1.54) is 17.7 Å². The monoisotopic (exact) mass is 461 g/mol. The van der Waals surface area contributed by atoms with Crippen molar-refractivity contribution < 1.29 is 4.39 Å². The summed E-state index contributed by atoms with van der Waals surface area (Å²) in [5.41, 5.74) is 4.68. The lowest BCUT2D eigenvalue weighted by atomic mass is 10.1. The summed E-state index contributed by atoms with van der Waals surface area (Å²) in [5, 5.41) is 2.97. The Kier molecular flexibility index (Phi) is 7.82. The number of benzene rings is 1. The number of rotatable bonds is 7. The molecule has 3 heterocycles. The van der Waals surface area contributed by atoms with Gasteiger partial charge in [0.2, 0.25) is 5.95 Å². The number of hydrogen-bond donors (Lipinski definition) is 1. The van der Waals surface area contributed by atoms with E-state index in [0.717, 1.165) is 55.2 Å². The summed E-state index contributed by atoms with van der Waals surface area (Å²) in [6.45, 7) is 5.24. The van der Waals surface area contributed by atoms with Crippen LogP contribution < -0.4 is 10.8 Å². The third-order valence-corrected chi connectivity index (χ3v) is 5.96. The van der Waals surface area contributed by atoms with Crippen molar-refractivity contribution in [3.05, 3.63) is 88.7 Å². The van der Waals surface area contributed by atoms with Gasteiger partial charge in [-0.25, -0.2) is 19.4 Å². The van der Waals surface area contributed by atoms with Crippen LogP contribution in [-0.4, -0.2) is 64.6 Å². The maximum Gasteiger partial charge on any atom is 0.222 e. The molecule has 178 valence electrons. The van der Waals surface area contributed by atoms with Crippen LogP contribution in [0.4, 0.5) is 10.3 Å². The van der Waals surface area contributed by atoms with E-state index in [9.17, 15) is 4.39 Å². The molecule has 7 nitrogen and oxygen atoms in total. The molecule has 0 radical (unpaired) electrons. The largest absolute Gasteiger partial charge is 0.357 e. The number of aromatic nitrogens is 3. The maximum atomic E-state index is 13.4. The van der Waals surface area contributed by atoms with Crippen molar-refractivity contribution in [2.45, 2.75) is 13.0 Å². The lowest BCUT2D eigenvalue weighted by molar-refractivity contribution is 0.148. The number of aryl methyl sites for hydroxylation is 1. The van der Waals surface area contributed by atoms with Crippen molar-refractivity contribution >= 4 is 12.0 Å². The first-order chi connectivity index (χ1) is 16.5. The van der Waals surface area contributed by atoms with Gasteiger partial charge in [-0.15, -0.1) is 0 Å². The van der Waals surface area contributed by atoms with Gasteiger partial charge in [0.05, 0.1) is 5.69 Å². The summed E-state index contributed by atoms with van der Waals surface area (Å²) < 4.78 is 15.5. The van der Waals surface area contributed by atoms with Crippen molar-refractivity contribution in [2.24, 2.45) is 12.0 Å². The smallest absolute Gasteiger partial charge is 0.222 e. The van der Waals surface area contributed by atoms with Gasteiger partial charge in [-0.2, -0.15) is 0 Å². The summed E-state index contributed by atoms with van der Waals surface area (Å²) in [6.07, 6.45) is 6.29. The predicted octanol–water partition coefficient (Wildman–Crippen LogP) is 2.93. The summed E-state index contributed by atoms with van der Waals surface area (Å²) in [4.78, 5) is 18.6. The Morgan fingerprint density at radius 1 is 1.06 bits per heavy atom. The molecule has 0 aliphatic carbocycles. The molecule has 0 amide bonds. The topological polar surface area (TPSA) is 61.6 Å². The molecule has 1 saturated heterocycles. The molecule has 1 aliphatic rings. The van der Waals surface area contributed by atoms with E-state index < -0.39 is 0 Å². The minimum absolute atomic E-state index is 0.247. The van der Waals surface area contributed by atoms with Crippen molar-refractivity contribution in [3.63, 3.8) is 0 Å². The number of halogens is 1. The minimum Gasteiger partial charge on any atom is -0.357 e. The van der Waals surface area contributed by atoms with Crippen LogP contribution in [0.15, 0.2) is 65.5 Å². The first kappa shape index (κ1) is 23.8. The molecular weight excluding hydrogens is 429 g/mol. The standard InChI is InChI=1S/C26H32FN7/c1-28-26-29-10-8-23(31-26)18-24(16-20-4-6-22(27)7-5-20)30-25-17-21(9-11-33(25)3)19-34-14-12-32(2)13-15-34/h4-11,17-18H,12-16,19H2,1-3H3,(H,28,29,31)/b24-18+,30-25?. The van der Waals surface area contributed by atoms with Gasteiger partial charge in [-0.05, 0) is 54.6 Å². The summed E-state index contributed by atoms with van der Waals surface area (Å²) in [5.74, 6) is 0.304. The Morgan fingerprint density at radius 2 is 1.82 bits per heavy atom. The zero-order valence-electron chi connectivity index (χ0n) is 20.1. The molecule has 3 aromatic rings. The zero-order chi connectivity index (χ0) is 23.9. The van der Waals surface area contributed by atoms with E-state index in [0.29, 0.717) is 12.4 Å². The number of anilines is 1. The summed E-state index contributed by atoms with van der Waals surface area (Å²) >= 11 is 0. The van der Waals surface area contributed by atoms with Crippen LogP contribution >= 0.6 is 0 Å². The molecule has 34 heavy (non-hydrogen) atoms. The average molecular weight is 462 g/mol. The second-order valence-electron chi connectivity index (χ2n) is 8.69. The van der Waals surface area contributed by atoms with Gasteiger partial charge in [0.1, 0.15) is 11.3 Å². The van der Waals surface area contributed by atoms with Gasteiger partial charge >= 0.3 is 0 Å². The van der Waals surface area contributed by atoms with Crippen LogP contribution in [0.1, 0.15) is 16.8 Å². The Labute approximate surface area is 200 Å². The molecule has 0 saturated carbocycles. The Hall–Kier alpha value is -3.36. The van der Waals surface area contributed by atoms with Crippen LogP contribution in [-0.2, 0) is 20.0 Å². The first-order valence-corrected chi connectivity index (χ1v) is 11.6. The van der Waals surface area contributed by atoms with Crippen LogP contribution in [0.2, 0.25) is 0 Å². The molecule has 1 fully saturated rings. The number of piperazine rings is 1. The number of hydrogen-bond acceptors (Lipinski definition) is 6. The zero-order valence-corrected chi connectivity index (χ0v) is 20.1. The molecule has 0 atom stereocenters. The molecule has 2 aromatic heterocycles. The highest BCUT2D eigenvalue weighted by atomic mass is 19.1. The molecule has 1 aliphatic heterocycles. The SMILES string of the molecule is CNc1nccc(/C=C(\Cc2ccc(F)cc2)N=c2cc(CN3CCN(C)CC3)ccn2C)n1. The maximum absolute atomic E-state index is 13.4. The molecule has 1 aromatic carbocycles. The molecule has 1 N–H and O–H groups in total. The average Bonchev–Trinajstić information content (AvgIpc) is 2.84. The van der Waals surface area contributed by atoms with Gasteiger partial charge in [0.25, 0.3) is 0 Å². The number of likely N-dealkylation sites (N-methyl/N-ethyl adjacent to an activating group) is 1. The Bertz CT molecular complexity index is 1190. The van der Waals surface area contributed by atoms with Crippen molar-refractivity contribution in [1.82, 2.24) is 24.3 Å². The number of nitrogens with zero attached hydrogens (tertiary/aromatic N) is 6. The van der Waals surface area contributed by atoms with Crippen molar-refractivity contribution in [2.75, 3.05) is 45.6 Å². The highest BCUT2D eigenvalue weighted by Gasteiger charge is 2.14. The lowest BCUT2D eigenvalue weighted by Gasteiger charge is -2.32. The van der Waals surface area contributed by atoms with Crippen molar-refractivity contribution in [1.29, 1.82) is 0 Å². The molecule has 0 spiro atoms. The highest BCUT2D eigenvalue weighted by Crippen LogP contribution is 2.14. The van der Waals surface area contributed by atoms with Gasteiger partial charge in [0.15, 0.2) is 0 Å². The first-order valence-electron chi connectivity index (χ1n) is 11.6. The molecule has 0 unspecified atom stereocenters. The van der Waals surface area contributed by atoms with E-state index in [1.54, 1.807) is 25.4 Å². The normalized spacial score (nSPS) is 16.1.